The van der Waals surface area contributed by atoms with Gasteiger partial charge < -0.3 is 19.2 Å². The highest BCUT2D eigenvalue weighted by Crippen LogP contribution is 2.22. The highest BCUT2D eigenvalue weighted by Gasteiger charge is 2.24. The van der Waals surface area contributed by atoms with Crippen LogP contribution in [0.2, 0.25) is 0 Å². The number of ether oxygens (including phenoxy) is 2. The summed E-state index contributed by atoms with van der Waals surface area (Å²) in [6.07, 6.45) is -0.0572. The first-order valence-electron chi connectivity index (χ1n) is 8.00. The van der Waals surface area contributed by atoms with Crippen molar-refractivity contribution in [3.63, 3.8) is 0 Å². The molecule has 0 saturated carbocycles. The Morgan fingerprint density at radius 1 is 1.12 bits per heavy atom. The SMILES string of the molecule is COC(=O)c1ccc([C@H](Cc2ccccc2)NC(=O)OC(C)(C)C)o1. The van der Waals surface area contributed by atoms with Crippen LogP contribution in [0.15, 0.2) is 46.9 Å². The lowest BCUT2D eigenvalue weighted by atomic mass is 10.0. The van der Waals surface area contributed by atoms with Crippen LogP contribution >= 0.6 is 0 Å². The predicted molar refractivity (Wildman–Crippen MR) is 92.3 cm³/mol. The number of rotatable bonds is 5. The molecule has 0 saturated heterocycles. The van der Waals surface area contributed by atoms with E-state index in [-0.39, 0.29) is 5.76 Å². The molecule has 134 valence electrons. The molecule has 2 rings (SSSR count). The van der Waals surface area contributed by atoms with Gasteiger partial charge in [-0.05, 0) is 38.5 Å². The monoisotopic (exact) mass is 345 g/mol. The molecule has 0 fully saturated rings. The van der Waals surface area contributed by atoms with Crippen molar-refractivity contribution >= 4 is 12.1 Å². The van der Waals surface area contributed by atoms with Gasteiger partial charge in [0.15, 0.2) is 0 Å². The smallest absolute Gasteiger partial charge is 0.408 e. The van der Waals surface area contributed by atoms with Crippen molar-refractivity contribution in [1.29, 1.82) is 0 Å². The van der Waals surface area contributed by atoms with E-state index in [1.165, 1.54) is 13.2 Å². The Kier molecular flexibility index (Phi) is 5.85. The molecule has 0 spiro atoms. The predicted octanol–water partition coefficient (Wildman–Crippen LogP) is 3.87. The van der Waals surface area contributed by atoms with Crippen molar-refractivity contribution < 1.29 is 23.5 Å². The summed E-state index contributed by atoms with van der Waals surface area (Å²) in [6, 6.07) is 12.4. The van der Waals surface area contributed by atoms with Gasteiger partial charge in [-0.3, -0.25) is 0 Å². The zero-order valence-corrected chi connectivity index (χ0v) is 14.9. The van der Waals surface area contributed by atoms with Gasteiger partial charge in [0.05, 0.1) is 13.2 Å². The molecule has 6 heteroatoms. The fourth-order valence-electron chi connectivity index (χ4n) is 2.27. The summed E-state index contributed by atoms with van der Waals surface area (Å²) in [5.74, 6) is -0.0290. The van der Waals surface area contributed by atoms with E-state index in [9.17, 15) is 9.59 Å². The summed E-state index contributed by atoms with van der Waals surface area (Å²) in [5.41, 5.74) is 0.404. The Labute approximate surface area is 147 Å². The van der Waals surface area contributed by atoms with Crippen LogP contribution in [0, 0.1) is 0 Å². The average molecular weight is 345 g/mol. The molecule has 6 nitrogen and oxygen atoms in total. The Balaban J connectivity index is 2.21. The van der Waals surface area contributed by atoms with Crippen LogP contribution in [0.5, 0.6) is 0 Å². The second kappa shape index (κ2) is 7.88. The van der Waals surface area contributed by atoms with Crippen molar-refractivity contribution in [3.05, 3.63) is 59.5 Å². The molecule has 0 radical (unpaired) electrons. The first-order chi connectivity index (χ1) is 11.8. The summed E-state index contributed by atoms with van der Waals surface area (Å²) in [7, 11) is 1.28. The standard InChI is InChI=1S/C19H23NO5/c1-19(2,3)25-18(22)20-14(12-13-8-6-5-7-9-13)15-10-11-16(24-15)17(21)23-4/h5-11,14H,12H2,1-4H3,(H,20,22)/t14-/m0/s1. The number of hydrogen-bond donors (Lipinski definition) is 1. The van der Waals surface area contributed by atoms with Crippen molar-refractivity contribution in [2.75, 3.05) is 7.11 Å². The number of benzene rings is 1. The maximum absolute atomic E-state index is 12.2. The van der Waals surface area contributed by atoms with E-state index in [1.807, 2.05) is 30.3 Å². The lowest BCUT2D eigenvalue weighted by Crippen LogP contribution is -2.35. The largest absolute Gasteiger partial charge is 0.463 e. The van der Waals surface area contributed by atoms with Gasteiger partial charge in [0.2, 0.25) is 5.76 Å². The topological polar surface area (TPSA) is 77.8 Å². The molecule has 1 amide bonds. The second-order valence-electron chi connectivity index (χ2n) is 6.58. The molecule has 1 heterocycles. The Morgan fingerprint density at radius 2 is 1.80 bits per heavy atom. The highest BCUT2D eigenvalue weighted by atomic mass is 16.6. The third-order valence-electron chi connectivity index (χ3n) is 3.33. The molecule has 1 aromatic heterocycles. The third-order valence-corrected chi connectivity index (χ3v) is 3.33. The first-order valence-corrected chi connectivity index (χ1v) is 8.00. The summed E-state index contributed by atoms with van der Waals surface area (Å²) >= 11 is 0. The summed E-state index contributed by atoms with van der Waals surface area (Å²) in [4.78, 5) is 23.8. The Morgan fingerprint density at radius 3 is 2.40 bits per heavy atom. The van der Waals surface area contributed by atoms with E-state index in [4.69, 9.17) is 9.15 Å². The summed E-state index contributed by atoms with van der Waals surface area (Å²) in [6.45, 7) is 5.38. The minimum absolute atomic E-state index is 0.0848. The molecular formula is C19H23NO5. The second-order valence-corrected chi connectivity index (χ2v) is 6.58. The van der Waals surface area contributed by atoms with Gasteiger partial charge in [-0.1, -0.05) is 30.3 Å². The molecule has 2 aromatic rings. The quantitative estimate of drug-likeness (QED) is 0.832. The molecule has 1 aromatic carbocycles. The van der Waals surface area contributed by atoms with Gasteiger partial charge in [-0.15, -0.1) is 0 Å². The number of furan rings is 1. The number of nitrogens with one attached hydrogen (secondary N) is 1. The number of alkyl carbamates (subject to hydrolysis) is 1. The lowest BCUT2D eigenvalue weighted by Gasteiger charge is -2.23. The molecule has 0 aliphatic heterocycles. The van der Waals surface area contributed by atoms with Crippen molar-refractivity contribution in [2.45, 2.75) is 38.8 Å². The van der Waals surface area contributed by atoms with E-state index in [0.717, 1.165) is 5.56 Å². The van der Waals surface area contributed by atoms with Gasteiger partial charge >= 0.3 is 12.1 Å². The van der Waals surface area contributed by atoms with Crippen LogP contribution in [0.4, 0.5) is 4.79 Å². The number of carbonyl (C=O) groups is 2. The third kappa shape index (κ3) is 5.67. The maximum Gasteiger partial charge on any atom is 0.408 e. The zero-order valence-electron chi connectivity index (χ0n) is 14.9. The minimum Gasteiger partial charge on any atom is -0.463 e. The van der Waals surface area contributed by atoms with Gasteiger partial charge in [0, 0.05) is 6.42 Å². The van der Waals surface area contributed by atoms with Crippen LogP contribution < -0.4 is 5.32 Å². The van der Waals surface area contributed by atoms with Gasteiger partial charge in [-0.25, -0.2) is 9.59 Å². The van der Waals surface area contributed by atoms with Crippen LogP contribution in [0.25, 0.3) is 0 Å². The molecule has 0 aliphatic rings. The number of methoxy groups -OCH3 is 1. The Bertz CT molecular complexity index is 715. The van der Waals surface area contributed by atoms with Gasteiger partial charge in [-0.2, -0.15) is 0 Å². The van der Waals surface area contributed by atoms with Gasteiger partial charge in [0.25, 0.3) is 0 Å². The molecular weight excluding hydrogens is 322 g/mol. The number of carbonyl (C=O) groups excluding carboxylic acids is 2. The minimum atomic E-state index is -0.609. The highest BCUT2D eigenvalue weighted by molar-refractivity contribution is 5.86. The Hall–Kier alpha value is -2.76. The van der Waals surface area contributed by atoms with Crippen LogP contribution in [-0.2, 0) is 15.9 Å². The van der Waals surface area contributed by atoms with E-state index in [1.54, 1.807) is 26.8 Å². The molecule has 0 bridgehead atoms. The lowest BCUT2D eigenvalue weighted by molar-refractivity contribution is 0.0496. The first kappa shape index (κ1) is 18.6. The van der Waals surface area contributed by atoms with Gasteiger partial charge in [0.1, 0.15) is 11.4 Å². The zero-order chi connectivity index (χ0) is 18.4. The van der Waals surface area contributed by atoms with E-state index < -0.39 is 23.7 Å². The summed E-state index contributed by atoms with van der Waals surface area (Å²) < 4.78 is 15.5. The van der Waals surface area contributed by atoms with Crippen LogP contribution in [-0.4, -0.2) is 24.8 Å². The van der Waals surface area contributed by atoms with Crippen LogP contribution in [0.3, 0.4) is 0 Å². The van der Waals surface area contributed by atoms with E-state index in [2.05, 4.69) is 10.1 Å². The normalized spacial score (nSPS) is 12.3. The molecule has 0 aliphatic carbocycles. The van der Waals surface area contributed by atoms with Crippen molar-refractivity contribution in [1.82, 2.24) is 5.32 Å². The van der Waals surface area contributed by atoms with Crippen molar-refractivity contribution in [3.8, 4) is 0 Å². The maximum atomic E-state index is 12.2. The molecule has 0 unspecified atom stereocenters. The number of amides is 1. The average Bonchev–Trinajstić information content (AvgIpc) is 3.02. The van der Waals surface area contributed by atoms with E-state index >= 15 is 0 Å². The number of esters is 1. The van der Waals surface area contributed by atoms with E-state index in [0.29, 0.717) is 12.2 Å². The summed E-state index contributed by atoms with van der Waals surface area (Å²) in [5, 5.41) is 2.80. The van der Waals surface area contributed by atoms with Crippen molar-refractivity contribution in [2.24, 2.45) is 0 Å². The number of hydrogen-bond acceptors (Lipinski definition) is 5. The molecule has 1 N–H and O–H groups in total. The van der Waals surface area contributed by atoms with Crippen LogP contribution in [0.1, 0.15) is 48.7 Å². The fraction of sp³-hybridized carbons (Fsp3) is 0.368. The molecule has 1 atom stereocenters. The molecule has 25 heavy (non-hydrogen) atoms. The fourth-order valence-corrected chi connectivity index (χ4v) is 2.27.